The number of fused-ring (bicyclic) bond motifs is 3. The van der Waals surface area contributed by atoms with E-state index < -0.39 is 0 Å². The van der Waals surface area contributed by atoms with Gasteiger partial charge in [0.1, 0.15) is 23.8 Å². The molecule has 0 spiro atoms. The van der Waals surface area contributed by atoms with Crippen molar-refractivity contribution in [2.75, 3.05) is 5.73 Å². The van der Waals surface area contributed by atoms with Gasteiger partial charge in [0.15, 0.2) is 5.65 Å². The summed E-state index contributed by atoms with van der Waals surface area (Å²) in [6, 6.07) is 5.29. The monoisotopic (exact) mass is 538 g/mol. The highest BCUT2D eigenvalue weighted by Gasteiger charge is 2.46. The van der Waals surface area contributed by atoms with Crippen molar-refractivity contribution in [2.45, 2.75) is 62.4 Å². The van der Waals surface area contributed by atoms with E-state index in [9.17, 15) is 4.79 Å². The molecule has 2 unspecified atom stereocenters. The van der Waals surface area contributed by atoms with Crippen molar-refractivity contribution in [3.05, 3.63) is 66.0 Å². The molecule has 1 aromatic carbocycles. The van der Waals surface area contributed by atoms with E-state index in [1.54, 1.807) is 29.2 Å². The number of nitrogen functional groups attached to an aromatic ring is 1. The zero-order valence-electron chi connectivity index (χ0n) is 21.6. The molecule has 5 aromatic rings. The van der Waals surface area contributed by atoms with Crippen LogP contribution in [0.4, 0.5) is 10.2 Å². The Kier molecular flexibility index (Phi) is 5.07. The van der Waals surface area contributed by atoms with E-state index in [1.165, 1.54) is 12.4 Å². The summed E-state index contributed by atoms with van der Waals surface area (Å²) in [6.07, 6.45) is 12.0. The van der Waals surface area contributed by atoms with E-state index in [1.807, 2.05) is 11.0 Å². The number of nitrogens with one attached hydrogen (secondary N) is 2. The largest absolute Gasteiger partial charge is 0.383 e. The van der Waals surface area contributed by atoms with Gasteiger partial charge in [-0.05, 0) is 62.1 Å². The van der Waals surface area contributed by atoms with E-state index in [-0.39, 0.29) is 35.6 Å². The number of piperidine rings is 1. The molecule has 2 bridgehead atoms. The molecule has 40 heavy (non-hydrogen) atoms. The smallest absolute Gasteiger partial charge is 0.291 e. The highest BCUT2D eigenvalue weighted by Crippen LogP contribution is 2.50. The molecule has 0 radical (unpaired) electrons. The molecule has 6 heterocycles. The lowest BCUT2D eigenvalue weighted by molar-refractivity contribution is 0.0557. The summed E-state index contributed by atoms with van der Waals surface area (Å²) in [5, 5.41) is 11.2. The number of anilines is 1. The predicted octanol–water partition coefficient (Wildman–Crippen LogP) is 4.05. The molecule has 4 aromatic heterocycles. The fourth-order valence-corrected chi connectivity index (χ4v) is 6.80. The Labute approximate surface area is 228 Å². The molecule has 2 aliphatic heterocycles. The number of hydrogen-bond acceptors (Lipinski definition) is 7. The van der Waals surface area contributed by atoms with E-state index in [2.05, 4.69) is 30.2 Å². The van der Waals surface area contributed by atoms with Gasteiger partial charge in [-0.15, -0.1) is 0 Å². The quantitative estimate of drug-likeness (QED) is 0.306. The number of nitrogens with two attached hydrogens (primary N) is 1. The molecular weight excluding hydrogens is 511 g/mol. The van der Waals surface area contributed by atoms with Crippen molar-refractivity contribution in [2.24, 2.45) is 0 Å². The summed E-state index contributed by atoms with van der Waals surface area (Å²) < 4.78 is 16.9. The summed E-state index contributed by atoms with van der Waals surface area (Å²) in [5.74, 6) is 1.43. The first-order valence-corrected chi connectivity index (χ1v) is 13.7. The van der Waals surface area contributed by atoms with Crippen molar-refractivity contribution in [3.63, 3.8) is 0 Å². The second-order valence-corrected chi connectivity index (χ2v) is 11.1. The van der Waals surface area contributed by atoms with Crippen LogP contribution in [-0.2, 0) is 0 Å². The van der Waals surface area contributed by atoms with Gasteiger partial charge in [-0.1, -0.05) is 6.07 Å². The molecular formula is C28H27FN10O. The third-order valence-electron chi connectivity index (χ3n) is 8.74. The lowest BCUT2D eigenvalue weighted by Crippen LogP contribution is -2.46. The second kappa shape index (κ2) is 8.70. The van der Waals surface area contributed by atoms with Gasteiger partial charge in [-0.3, -0.25) is 9.89 Å². The fraction of sp³-hybridized carbons (Fsp3) is 0.357. The number of halogens is 1. The maximum atomic E-state index is 15.2. The average Bonchev–Trinajstić information content (AvgIpc) is 3.37. The number of benzene rings is 1. The van der Waals surface area contributed by atoms with E-state index in [4.69, 9.17) is 10.7 Å². The molecule has 1 aliphatic carbocycles. The van der Waals surface area contributed by atoms with Crippen molar-refractivity contribution in [3.8, 4) is 22.5 Å². The Bertz CT molecular complexity index is 1730. The summed E-state index contributed by atoms with van der Waals surface area (Å²) in [4.78, 5) is 31.6. The number of H-pyrrole nitrogens is 2. The predicted molar refractivity (Wildman–Crippen MR) is 144 cm³/mol. The number of hydrogen-bond donors (Lipinski definition) is 3. The molecule has 2 saturated heterocycles. The van der Waals surface area contributed by atoms with Crippen LogP contribution in [0.3, 0.4) is 0 Å². The lowest BCUT2D eigenvalue weighted by Gasteiger charge is -2.39. The van der Waals surface area contributed by atoms with E-state index in [0.29, 0.717) is 34.3 Å². The van der Waals surface area contributed by atoms with Crippen LogP contribution < -0.4 is 5.73 Å². The summed E-state index contributed by atoms with van der Waals surface area (Å²) in [5.41, 5.74) is 11.3. The summed E-state index contributed by atoms with van der Waals surface area (Å²) in [6.45, 7) is 0. The van der Waals surface area contributed by atoms with Gasteiger partial charge < -0.3 is 15.6 Å². The van der Waals surface area contributed by atoms with Crippen LogP contribution >= 0.6 is 0 Å². The molecule has 12 heteroatoms. The molecule has 8 rings (SSSR count). The number of aromatic amines is 2. The molecule has 3 aliphatic rings. The third-order valence-corrected chi connectivity index (χ3v) is 8.74. The average molecular weight is 539 g/mol. The minimum atomic E-state index is -0.380. The van der Waals surface area contributed by atoms with Crippen LogP contribution in [0.1, 0.15) is 72.2 Å². The normalized spacial score (nSPS) is 22.3. The first-order chi connectivity index (χ1) is 19.6. The fourth-order valence-electron chi connectivity index (χ4n) is 6.80. The number of amides is 1. The molecule has 202 valence electrons. The SMILES string of the molecule is Nc1c(C2CC2)c(C2CC3CCC(C2)N3C(=O)c2ncn[nH]2)nc2c(-c3ccc(-c4ncc[nH]4)c(F)c3)cnn12. The van der Waals surface area contributed by atoms with E-state index in [0.717, 1.165) is 55.3 Å². The number of imidazole rings is 1. The third kappa shape index (κ3) is 3.55. The Morgan fingerprint density at radius 3 is 2.55 bits per heavy atom. The van der Waals surface area contributed by atoms with Gasteiger partial charge in [0.2, 0.25) is 5.82 Å². The van der Waals surface area contributed by atoms with Crippen LogP contribution in [0.2, 0.25) is 0 Å². The van der Waals surface area contributed by atoms with Crippen LogP contribution in [0.5, 0.6) is 0 Å². The molecule has 3 fully saturated rings. The van der Waals surface area contributed by atoms with Gasteiger partial charge in [0.25, 0.3) is 5.91 Å². The number of aromatic nitrogens is 8. The molecule has 1 amide bonds. The topological polar surface area (TPSA) is 147 Å². The zero-order valence-corrected chi connectivity index (χ0v) is 21.6. The number of carbonyl (C=O) groups is 1. The van der Waals surface area contributed by atoms with Crippen molar-refractivity contribution in [1.29, 1.82) is 0 Å². The highest BCUT2D eigenvalue weighted by molar-refractivity contribution is 5.91. The van der Waals surface area contributed by atoms with Gasteiger partial charge in [-0.2, -0.15) is 14.7 Å². The standard InChI is InChI=1S/C28H27FN10O/c29-21-11-15(3-6-19(21)25-31-7-8-32-25)20-12-35-39-24(30)22(14-1-2-14)23(36-27(20)39)16-9-17-4-5-18(10-16)38(17)28(40)26-33-13-34-37-26/h3,6-8,11-14,16-18H,1-2,4-5,9-10,30H2,(H,31,32)(H,33,34,37). The first kappa shape index (κ1) is 23.3. The highest BCUT2D eigenvalue weighted by atomic mass is 19.1. The minimum Gasteiger partial charge on any atom is -0.383 e. The molecule has 11 nitrogen and oxygen atoms in total. The van der Waals surface area contributed by atoms with Gasteiger partial charge in [-0.25, -0.2) is 19.3 Å². The van der Waals surface area contributed by atoms with Crippen molar-refractivity contribution >= 4 is 17.4 Å². The Hall–Kier alpha value is -4.61. The van der Waals surface area contributed by atoms with Crippen molar-refractivity contribution < 1.29 is 9.18 Å². The lowest BCUT2D eigenvalue weighted by atomic mass is 9.85. The van der Waals surface area contributed by atoms with Crippen LogP contribution in [0.25, 0.3) is 28.2 Å². The Balaban J connectivity index is 1.18. The number of nitrogens with zero attached hydrogens (tertiary/aromatic N) is 7. The Morgan fingerprint density at radius 1 is 1.05 bits per heavy atom. The molecule has 4 N–H and O–H groups in total. The summed E-state index contributed by atoms with van der Waals surface area (Å²) in [7, 11) is 0. The van der Waals surface area contributed by atoms with Crippen LogP contribution in [0, 0.1) is 5.82 Å². The number of rotatable bonds is 5. The second-order valence-electron chi connectivity index (χ2n) is 11.1. The first-order valence-electron chi connectivity index (χ1n) is 13.7. The maximum Gasteiger partial charge on any atom is 0.291 e. The molecule has 2 atom stereocenters. The van der Waals surface area contributed by atoms with Gasteiger partial charge in [0, 0.05) is 41.5 Å². The zero-order chi connectivity index (χ0) is 27.0. The summed E-state index contributed by atoms with van der Waals surface area (Å²) >= 11 is 0. The van der Waals surface area contributed by atoms with Crippen LogP contribution in [-0.4, -0.2) is 62.6 Å². The number of carbonyl (C=O) groups excluding carboxylic acids is 1. The molecule has 1 saturated carbocycles. The Morgan fingerprint density at radius 2 is 1.88 bits per heavy atom. The minimum absolute atomic E-state index is 0.0908. The van der Waals surface area contributed by atoms with Crippen molar-refractivity contribution in [1.82, 2.24) is 44.6 Å². The van der Waals surface area contributed by atoms with Gasteiger partial charge >= 0.3 is 0 Å². The van der Waals surface area contributed by atoms with E-state index >= 15 is 4.39 Å². The van der Waals surface area contributed by atoms with Crippen LogP contribution in [0.15, 0.2) is 43.1 Å². The maximum absolute atomic E-state index is 15.2. The van der Waals surface area contributed by atoms with Gasteiger partial charge in [0.05, 0.1) is 17.5 Å².